The smallest absolute Gasteiger partial charge is 0.225 e. The van der Waals surface area contributed by atoms with Gasteiger partial charge < -0.3 is 29.7 Å². The highest BCUT2D eigenvalue weighted by molar-refractivity contribution is 5.89. The van der Waals surface area contributed by atoms with Gasteiger partial charge in [-0.25, -0.2) is 0 Å². The Bertz CT molecular complexity index is 1140. The van der Waals surface area contributed by atoms with Crippen molar-refractivity contribution in [3.63, 3.8) is 0 Å². The van der Waals surface area contributed by atoms with Gasteiger partial charge in [0.25, 0.3) is 0 Å². The summed E-state index contributed by atoms with van der Waals surface area (Å²) in [6, 6.07) is 0. The van der Waals surface area contributed by atoms with Crippen molar-refractivity contribution in [1.29, 1.82) is 0 Å². The number of aliphatic hydroxyl groups excluding tert-OH is 2. The van der Waals surface area contributed by atoms with Crippen LogP contribution in [0.15, 0.2) is 23.8 Å². The average Bonchev–Trinajstić information content (AvgIpc) is 3.07. The van der Waals surface area contributed by atoms with Crippen molar-refractivity contribution < 1.29 is 38.8 Å². The van der Waals surface area contributed by atoms with Crippen LogP contribution in [0.3, 0.4) is 0 Å². The molecule has 3 aliphatic rings. The Balaban J connectivity index is 1.36. The van der Waals surface area contributed by atoms with Gasteiger partial charge in [0.1, 0.15) is 5.78 Å². The van der Waals surface area contributed by atoms with E-state index in [1.807, 2.05) is 20.8 Å². The summed E-state index contributed by atoms with van der Waals surface area (Å²) in [4.78, 5) is 37.7. The number of Topliss-reactive ketones (excluding diaryl/α,β-unsaturated/α-hetero) is 1. The molecule has 50 heavy (non-hydrogen) atoms. The number of aliphatic hydroxyl groups is 2. The van der Waals surface area contributed by atoms with Crippen LogP contribution in [0.5, 0.6) is 0 Å². The van der Waals surface area contributed by atoms with Crippen molar-refractivity contribution in [2.75, 3.05) is 19.8 Å². The Morgan fingerprint density at radius 2 is 1.72 bits per heavy atom. The molecular formula is C41H69NO8. The second-order valence-electron chi connectivity index (χ2n) is 16.2. The molecule has 3 heterocycles. The third-order valence-electron chi connectivity index (χ3n) is 11.5. The number of rotatable bonds is 19. The Kier molecular flexibility index (Phi) is 17.8. The van der Waals surface area contributed by atoms with Crippen LogP contribution < -0.4 is 5.32 Å². The second-order valence-corrected chi connectivity index (χ2v) is 16.2. The predicted octanol–water partition coefficient (Wildman–Crippen LogP) is 6.67. The minimum atomic E-state index is -0.906. The van der Waals surface area contributed by atoms with Crippen LogP contribution in [0.1, 0.15) is 132 Å². The number of carbonyl (C=O) groups is 3. The molecular weight excluding hydrogens is 634 g/mol. The van der Waals surface area contributed by atoms with E-state index >= 15 is 0 Å². The lowest BCUT2D eigenvalue weighted by molar-refractivity contribution is -0.211. The van der Waals surface area contributed by atoms with E-state index in [0.717, 1.165) is 70.0 Å². The number of ketones is 2. The lowest BCUT2D eigenvalue weighted by atomic mass is 9.77. The van der Waals surface area contributed by atoms with E-state index in [2.05, 4.69) is 32.2 Å². The normalized spacial score (nSPS) is 31.7. The van der Waals surface area contributed by atoms with Crippen molar-refractivity contribution in [1.82, 2.24) is 5.32 Å². The van der Waals surface area contributed by atoms with Gasteiger partial charge in [-0.2, -0.15) is 0 Å². The molecule has 0 aliphatic carbocycles. The molecule has 0 radical (unpaired) electrons. The first-order chi connectivity index (χ1) is 23.7. The summed E-state index contributed by atoms with van der Waals surface area (Å²) in [5, 5.41) is 23.5. The fourth-order valence-electron chi connectivity index (χ4n) is 7.88. The third kappa shape index (κ3) is 13.9. The summed E-state index contributed by atoms with van der Waals surface area (Å²) in [5.74, 6) is 0.781. The van der Waals surface area contributed by atoms with Gasteiger partial charge in [-0.1, -0.05) is 39.8 Å². The molecule has 9 nitrogen and oxygen atoms in total. The summed E-state index contributed by atoms with van der Waals surface area (Å²) in [6.45, 7) is 15.8. The first-order valence-corrected chi connectivity index (χ1v) is 19.6. The summed E-state index contributed by atoms with van der Waals surface area (Å²) in [7, 11) is 0. The van der Waals surface area contributed by atoms with Gasteiger partial charge in [-0.05, 0) is 120 Å². The van der Waals surface area contributed by atoms with Gasteiger partial charge >= 0.3 is 0 Å². The number of carbonyl (C=O) groups excluding carboxylic acids is 3. The summed E-state index contributed by atoms with van der Waals surface area (Å²) < 4.78 is 19.1. The summed E-state index contributed by atoms with van der Waals surface area (Å²) >= 11 is 0. The van der Waals surface area contributed by atoms with Gasteiger partial charge in [0.15, 0.2) is 5.78 Å². The maximum Gasteiger partial charge on any atom is 0.225 e. The van der Waals surface area contributed by atoms with Gasteiger partial charge in [0, 0.05) is 32.4 Å². The zero-order valence-electron chi connectivity index (χ0n) is 32.2. The van der Waals surface area contributed by atoms with Crippen LogP contribution in [-0.2, 0) is 28.6 Å². The third-order valence-corrected chi connectivity index (χ3v) is 11.5. The zero-order chi connectivity index (χ0) is 36.8. The lowest BCUT2D eigenvalue weighted by Crippen LogP contribution is -2.51. The number of amides is 1. The summed E-state index contributed by atoms with van der Waals surface area (Å²) in [6.07, 6.45) is 13.6. The molecule has 0 saturated carbocycles. The van der Waals surface area contributed by atoms with E-state index in [0.29, 0.717) is 37.3 Å². The SMILES string of the molecule is C/C=C/C(=O)CC1CCC(C)C(CC(=O)CCC(O)C(C)C(=O)NCCCC2OC3(CCC2C)COCC(CCC(C)/C=C(\C)C(C)O)C3)O1. The van der Waals surface area contributed by atoms with Crippen molar-refractivity contribution in [3.8, 4) is 0 Å². The largest absolute Gasteiger partial charge is 0.392 e. The number of nitrogens with one attached hydrogen (secondary N) is 1. The van der Waals surface area contributed by atoms with Crippen LogP contribution in [0.2, 0.25) is 0 Å². The first kappa shape index (κ1) is 42.5. The molecule has 11 atom stereocenters. The number of hydrogen-bond acceptors (Lipinski definition) is 8. The molecule has 0 bridgehead atoms. The van der Waals surface area contributed by atoms with Crippen LogP contribution in [0.25, 0.3) is 0 Å². The van der Waals surface area contributed by atoms with E-state index in [1.165, 1.54) is 0 Å². The first-order valence-electron chi connectivity index (χ1n) is 19.6. The molecule has 0 aromatic carbocycles. The van der Waals surface area contributed by atoms with Crippen LogP contribution in [0.4, 0.5) is 0 Å². The van der Waals surface area contributed by atoms with E-state index in [1.54, 1.807) is 19.1 Å². The predicted molar refractivity (Wildman–Crippen MR) is 197 cm³/mol. The minimum Gasteiger partial charge on any atom is -0.392 e. The van der Waals surface area contributed by atoms with Crippen LogP contribution >= 0.6 is 0 Å². The minimum absolute atomic E-state index is 0.0116. The van der Waals surface area contributed by atoms with Crippen molar-refractivity contribution >= 4 is 17.5 Å². The van der Waals surface area contributed by atoms with Gasteiger partial charge in [-0.3, -0.25) is 14.4 Å². The highest BCUT2D eigenvalue weighted by Gasteiger charge is 2.44. The molecule has 11 unspecified atom stereocenters. The van der Waals surface area contributed by atoms with Gasteiger partial charge in [0.05, 0.1) is 48.6 Å². The van der Waals surface area contributed by atoms with Crippen LogP contribution in [-0.4, -0.2) is 83.6 Å². The topological polar surface area (TPSA) is 131 Å². The molecule has 286 valence electrons. The van der Waals surface area contributed by atoms with Crippen molar-refractivity contribution in [2.45, 2.75) is 168 Å². The van der Waals surface area contributed by atoms with E-state index in [9.17, 15) is 24.6 Å². The molecule has 3 rings (SSSR count). The fourth-order valence-corrected chi connectivity index (χ4v) is 7.88. The molecule has 3 N–H and O–H groups in total. The highest BCUT2D eigenvalue weighted by atomic mass is 16.6. The van der Waals surface area contributed by atoms with E-state index in [4.69, 9.17) is 14.2 Å². The molecule has 1 amide bonds. The molecule has 3 saturated heterocycles. The Labute approximate surface area is 302 Å². The maximum absolute atomic E-state index is 12.9. The molecule has 0 aromatic rings. The Morgan fingerprint density at radius 3 is 2.44 bits per heavy atom. The lowest BCUT2D eigenvalue weighted by Gasteiger charge is -2.48. The van der Waals surface area contributed by atoms with Crippen molar-refractivity contribution in [3.05, 3.63) is 23.8 Å². The van der Waals surface area contributed by atoms with E-state index < -0.39 is 18.1 Å². The average molecular weight is 704 g/mol. The molecule has 3 aliphatic heterocycles. The van der Waals surface area contributed by atoms with Crippen LogP contribution in [0, 0.1) is 29.6 Å². The molecule has 0 aromatic heterocycles. The number of ether oxygens (including phenoxy) is 3. The second kappa shape index (κ2) is 21.0. The zero-order valence-corrected chi connectivity index (χ0v) is 32.2. The maximum atomic E-state index is 12.9. The standard InChI is InChI=1S/C41H69NO8/c1-8-10-34(44)22-36-16-13-28(3)39(49-36)23-35(45)15-17-37(46)31(6)40(47)42-20-9-11-38-29(4)18-19-41(50-38)24-33(25-48-26-41)14-12-27(2)21-30(5)32(7)43/h8,10,21,27-29,31-33,36-39,43,46H,9,11-20,22-26H2,1-7H3,(H,42,47)/b10-8+,30-21+. The monoisotopic (exact) mass is 704 g/mol. The quantitative estimate of drug-likeness (QED) is 0.0773. The fraction of sp³-hybridized carbons (Fsp3) is 0.829. The van der Waals surface area contributed by atoms with E-state index in [-0.39, 0.29) is 66.6 Å². The molecule has 9 heteroatoms. The highest BCUT2D eigenvalue weighted by Crippen LogP contribution is 2.42. The van der Waals surface area contributed by atoms with Gasteiger partial charge in [-0.15, -0.1) is 0 Å². The number of hydrogen-bond donors (Lipinski definition) is 3. The molecule has 3 fully saturated rings. The molecule has 1 spiro atoms. The van der Waals surface area contributed by atoms with Gasteiger partial charge in [0.2, 0.25) is 5.91 Å². The Morgan fingerprint density at radius 1 is 0.980 bits per heavy atom. The Hall–Kier alpha value is -1.91. The summed E-state index contributed by atoms with van der Waals surface area (Å²) in [5.41, 5.74) is 0.791. The number of allylic oxidation sites excluding steroid dienone is 3. The van der Waals surface area contributed by atoms with Crippen molar-refractivity contribution in [2.24, 2.45) is 29.6 Å².